The van der Waals surface area contributed by atoms with Crippen molar-refractivity contribution < 1.29 is 14.3 Å². The van der Waals surface area contributed by atoms with Gasteiger partial charge >= 0.3 is 0 Å². The summed E-state index contributed by atoms with van der Waals surface area (Å²) in [4.78, 5) is 29.2. The maximum atomic E-state index is 12.9. The second-order valence-electron chi connectivity index (χ2n) is 6.68. The van der Waals surface area contributed by atoms with E-state index >= 15 is 0 Å². The van der Waals surface area contributed by atoms with Gasteiger partial charge in [-0.3, -0.25) is 9.59 Å². The van der Waals surface area contributed by atoms with Crippen molar-refractivity contribution in [3.8, 4) is 5.75 Å². The number of hydrogen-bond donors (Lipinski definition) is 0. The number of carbonyl (C=O) groups is 2. The summed E-state index contributed by atoms with van der Waals surface area (Å²) in [5.74, 6) is 0.520. The van der Waals surface area contributed by atoms with Crippen LogP contribution in [-0.2, 0) is 4.79 Å². The van der Waals surface area contributed by atoms with E-state index in [9.17, 15) is 9.59 Å². The molecular weight excluding hydrogens is 328 g/mol. The zero-order valence-corrected chi connectivity index (χ0v) is 15.7. The first-order valence-electron chi connectivity index (χ1n) is 8.76. The molecular formula is C21H24N2O3. The van der Waals surface area contributed by atoms with E-state index in [4.69, 9.17) is 4.74 Å². The lowest BCUT2D eigenvalue weighted by atomic mass is 10.1. The molecule has 2 amide bonds. The second kappa shape index (κ2) is 7.20. The highest BCUT2D eigenvalue weighted by atomic mass is 16.5. The Labute approximate surface area is 154 Å². The lowest BCUT2D eigenvalue weighted by molar-refractivity contribution is -0.124. The molecule has 0 N–H and O–H groups in total. The Hall–Kier alpha value is -2.82. The maximum Gasteiger partial charge on any atom is 0.254 e. The summed E-state index contributed by atoms with van der Waals surface area (Å²) >= 11 is 0. The van der Waals surface area contributed by atoms with Crippen LogP contribution < -0.4 is 9.64 Å². The minimum atomic E-state index is -0.502. The third-order valence-corrected chi connectivity index (χ3v) is 4.91. The topological polar surface area (TPSA) is 49.9 Å². The number of anilines is 1. The SMILES string of the molecule is COc1ccc(C(=O)N2CCN(c3cc(C)ccc3C)C(=O)[C@H]2C)cc1. The third kappa shape index (κ3) is 3.29. The van der Waals surface area contributed by atoms with Gasteiger partial charge in [0.25, 0.3) is 5.91 Å². The predicted octanol–water partition coefficient (Wildman–Crippen LogP) is 3.19. The molecule has 1 fully saturated rings. The number of aryl methyl sites for hydroxylation is 2. The summed E-state index contributed by atoms with van der Waals surface area (Å²) in [6.07, 6.45) is 0. The Kier molecular flexibility index (Phi) is 4.98. The van der Waals surface area contributed by atoms with Crippen LogP contribution in [0.25, 0.3) is 0 Å². The standard InChI is InChI=1S/C21H24N2O3/c1-14-5-6-15(2)19(13-14)23-12-11-22(16(3)20(23)24)21(25)17-7-9-18(26-4)10-8-17/h5-10,13,16H,11-12H2,1-4H3/t16-/m1/s1. The summed E-state index contributed by atoms with van der Waals surface area (Å²) in [5.41, 5.74) is 3.66. The Balaban J connectivity index is 1.80. The first kappa shape index (κ1) is 18.0. The molecule has 1 saturated heterocycles. The van der Waals surface area contributed by atoms with E-state index in [1.165, 1.54) is 0 Å². The van der Waals surface area contributed by atoms with E-state index in [1.54, 1.807) is 48.1 Å². The van der Waals surface area contributed by atoms with Crippen molar-refractivity contribution in [2.24, 2.45) is 0 Å². The normalized spacial score (nSPS) is 17.4. The average Bonchev–Trinajstić information content (AvgIpc) is 2.65. The molecule has 1 aliphatic heterocycles. The van der Waals surface area contributed by atoms with E-state index in [1.807, 2.05) is 32.0 Å². The molecule has 5 nitrogen and oxygen atoms in total. The van der Waals surface area contributed by atoms with Gasteiger partial charge in [-0.05, 0) is 62.2 Å². The van der Waals surface area contributed by atoms with Gasteiger partial charge in [-0.25, -0.2) is 0 Å². The average molecular weight is 352 g/mol. The van der Waals surface area contributed by atoms with Gasteiger partial charge in [0.05, 0.1) is 7.11 Å². The highest BCUT2D eigenvalue weighted by Gasteiger charge is 2.35. The van der Waals surface area contributed by atoms with E-state index < -0.39 is 6.04 Å². The molecule has 5 heteroatoms. The molecule has 1 aliphatic rings. The van der Waals surface area contributed by atoms with Crippen LogP contribution in [0.4, 0.5) is 5.69 Å². The van der Waals surface area contributed by atoms with E-state index in [0.29, 0.717) is 24.4 Å². The van der Waals surface area contributed by atoms with Crippen LogP contribution in [-0.4, -0.2) is 43.0 Å². The van der Waals surface area contributed by atoms with Crippen LogP contribution >= 0.6 is 0 Å². The van der Waals surface area contributed by atoms with Gasteiger partial charge in [-0.15, -0.1) is 0 Å². The molecule has 0 unspecified atom stereocenters. The fourth-order valence-electron chi connectivity index (χ4n) is 3.30. The maximum absolute atomic E-state index is 12.9. The van der Waals surface area contributed by atoms with Crippen molar-refractivity contribution >= 4 is 17.5 Å². The number of amides is 2. The highest BCUT2D eigenvalue weighted by Crippen LogP contribution is 2.26. The smallest absolute Gasteiger partial charge is 0.254 e. The van der Waals surface area contributed by atoms with Crippen molar-refractivity contribution in [1.29, 1.82) is 0 Å². The number of ether oxygens (including phenoxy) is 1. The molecule has 2 aromatic carbocycles. The minimum absolute atomic E-state index is 0.0492. The summed E-state index contributed by atoms with van der Waals surface area (Å²) in [6.45, 7) is 6.81. The Morgan fingerprint density at radius 3 is 2.42 bits per heavy atom. The molecule has 3 rings (SSSR count). The molecule has 1 heterocycles. The molecule has 0 spiro atoms. The number of methoxy groups -OCH3 is 1. The van der Waals surface area contributed by atoms with Crippen LogP contribution in [0.2, 0.25) is 0 Å². The van der Waals surface area contributed by atoms with E-state index in [0.717, 1.165) is 16.8 Å². The van der Waals surface area contributed by atoms with E-state index in [2.05, 4.69) is 0 Å². The molecule has 0 saturated carbocycles. The lowest BCUT2D eigenvalue weighted by Gasteiger charge is -2.39. The second-order valence-corrected chi connectivity index (χ2v) is 6.68. The number of hydrogen-bond acceptors (Lipinski definition) is 3. The van der Waals surface area contributed by atoms with Gasteiger partial charge in [0.15, 0.2) is 0 Å². The Bertz CT molecular complexity index is 830. The van der Waals surface area contributed by atoms with Gasteiger partial charge in [0, 0.05) is 24.3 Å². The molecule has 136 valence electrons. The Morgan fingerprint density at radius 2 is 1.77 bits per heavy atom. The molecule has 26 heavy (non-hydrogen) atoms. The van der Waals surface area contributed by atoms with Crippen molar-refractivity contribution in [1.82, 2.24) is 4.90 Å². The lowest BCUT2D eigenvalue weighted by Crippen LogP contribution is -2.58. The molecule has 2 aromatic rings. The third-order valence-electron chi connectivity index (χ3n) is 4.91. The van der Waals surface area contributed by atoms with Crippen LogP contribution in [0, 0.1) is 13.8 Å². The molecule has 0 aromatic heterocycles. The van der Waals surface area contributed by atoms with Crippen molar-refractivity contribution in [3.63, 3.8) is 0 Å². The summed E-state index contributed by atoms with van der Waals surface area (Å²) in [6, 6.07) is 12.6. The molecule has 0 bridgehead atoms. The largest absolute Gasteiger partial charge is 0.497 e. The first-order chi connectivity index (χ1) is 12.4. The number of piperazine rings is 1. The minimum Gasteiger partial charge on any atom is -0.497 e. The fraction of sp³-hybridized carbons (Fsp3) is 0.333. The van der Waals surface area contributed by atoms with Crippen LogP contribution in [0.1, 0.15) is 28.4 Å². The van der Waals surface area contributed by atoms with Gasteiger partial charge in [0.1, 0.15) is 11.8 Å². The van der Waals surface area contributed by atoms with Gasteiger partial charge in [0.2, 0.25) is 5.91 Å². The highest BCUT2D eigenvalue weighted by molar-refractivity contribution is 6.03. The zero-order valence-electron chi connectivity index (χ0n) is 15.7. The predicted molar refractivity (Wildman–Crippen MR) is 102 cm³/mol. The monoisotopic (exact) mass is 352 g/mol. The fourth-order valence-corrected chi connectivity index (χ4v) is 3.30. The van der Waals surface area contributed by atoms with Crippen LogP contribution in [0.5, 0.6) is 5.75 Å². The zero-order chi connectivity index (χ0) is 18.8. The van der Waals surface area contributed by atoms with Crippen LogP contribution in [0.3, 0.4) is 0 Å². The number of nitrogens with zero attached hydrogens (tertiary/aromatic N) is 2. The number of carbonyl (C=O) groups excluding carboxylic acids is 2. The van der Waals surface area contributed by atoms with Gasteiger partial charge < -0.3 is 14.5 Å². The van der Waals surface area contributed by atoms with Crippen LogP contribution in [0.15, 0.2) is 42.5 Å². The van der Waals surface area contributed by atoms with E-state index in [-0.39, 0.29) is 11.8 Å². The van der Waals surface area contributed by atoms with Crippen molar-refractivity contribution in [2.45, 2.75) is 26.8 Å². The van der Waals surface area contributed by atoms with Gasteiger partial charge in [-0.1, -0.05) is 12.1 Å². The molecule has 0 radical (unpaired) electrons. The summed E-state index contributed by atoms with van der Waals surface area (Å²) < 4.78 is 5.13. The first-order valence-corrected chi connectivity index (χ1v) is 8.76. The number of benzene rings is 2. The Morgan fingerprint density at radius 1 is 1.08 bits per heavy atom. The quantitative estimate of drug-likeness (QED) is 0.852. The van der Waals surface area contributed by atoms with Crippen molar-refractivity contribution in [2.75, 3.05) is 25.1 Å². The summed E-state index contributed by atoms with van der Waals surface area (Å²) in [7, 11) is 1.59. The number of rotatable bonds is 3. The molecule has 0 aliphatic carbocycles. The molecule has 1 atom stereocenters. The summed E-state index contributed by atoms with van der Waals surface area (Å²) in [5, 5.41) is 0. The van der Waals surface area contributed by atoms with Gasteiger partial charge in [-0.2, -0.15) is 0 Å². The van der Waals surface area contributed by atoms with Crippen molar-refractivity contribution in [3.05, 3.63) is 59.2 Å².